The van der Waals surface area contributed by atoms with E-state index in [0.29, 0.717) is 22.2 Å². The van der Waals surface area contributed by atoms with Crippen LogP contribution in [-0.2, 0) is 4.79 Å². The van der Waals surface area contributed by atoms with Gasteiger partial charge < -0.3 is 24.3 Å². The lowest BCUT2D eigenvalue weighted by atomic mass is 10.2. The number of nitrogens with one attached hydrogen (secondary N) is 1. The topological polar surface area (TPSA) is 83.1 Å². The minimum atomic E-state index is -0.642. The molecule has 3 aromatic rings. The Hall–Kier alpha value is -3.42. The van der Waals surface area contributed by atoms with Crippen LogP contribution in [0.1, 0.15) is 10.4 Å². The van der Waals surface area contributed by atoms with Crippen molar-refractivity contribution in [3.05, 3.63) is 76.3 Å². The predicted molar refractivity (Wildman–Crippen MR) is 122 cm³/mol. The second kappa shape index (κ2) is 10.7. The van der Waals surface area contributed by atoms with Gasteiger partial charge in [-0.1, -0.05) is 23.2 Å². The molecule has 9 heteroatoms. The smallest absolute Gasteiger partial charge is 0.343 e. The fourth-order valence-electron chi connectivity index (χ4n) is 2.65. The fraction of sp³-hybridized carbons (Fsp3) is 0.130. The SMILES string of the molecule is COc1ccc(NC(=O)COc2ccc(C(=O)Oc3ccc(Cl)cc3Cl)cc2OC)cc1. The van der Waals surface area contributed by atoms with E-state index in [1.165, 1.54) is 37.4 Å². The molecule has 0 bridgehead atoms. The summed E-state index contributed by atoms with van der Waals surface area (Å²) in [6.45, 7) is -0.257. The number of carbonyl (C=O) groups is 2. The number of benzene rings is 3. The number of methoxy groups -OCH3 is 2. The van der Waals surface area contributed by atoms with Gasteiger partial charge in [-0.05, 0) is 60.7 Å². The van der Waals surface area contributed by atoms with Gasteiger partial charge in [0.15, 0.2) is 18.1 Å². The van der Waals surface area contributed by atoms with Crippen molar-refractivity contribution in [1.82, 2.24) is 0 Å². The molecule has 0 spiro atoms. The molecule has 32 heavy (non-hydrogen) atoms. The van der Waals surface area contributed by atoms with Crippen molar-refractivity contribution >= 4 is 40.8 Å². The molecule has 0 heterocycles. The van der Waals surface area contributed by atoms with Gasteiger partial charge in [-0.15, -0.1) is 0 Å². The third-order valence-electron chi connectivity index (χ3n) is 4.23. The van der Waals surface area contributed by atoms with Crippen molar-refractivity contribution in [2.75, 3.05) is 26.1 Å². The van der Waals surface area contributed by atoms with E-state index in [1.807, 2.05) is 0 Å². The van der Waals surface area contributed by atoms with E-state index in [0.717, 1.165) is 0 Å². The van der Waals surface area contributed by atoms with E-state index in [2.05, 4.69) is 5.32 Å². The molecule has 0 saturated heterocycles. The molecule has 0 radical (unpaired) electrons. The van der Waals surface area contributed by atoms with Crippen LogP contribution in [0.25, 0.3) is 0 Å². The maximum Gasteiger partial charge on any atom is 0.343 e. The Bertz CT molecular complexity index is 1120. The standard InChI is InChI=1S/C23H19Cl2NO6/c1-29-17-7-5-16(6-8-17)26-22(27)13-31-20-9-3-14(11-21(20)30-2)23(28)32-19-10-4-15(24)12-18(19)25/h3-12H,13H2,1-2H3,(H,26,27). The Kier molecular flexibility index (Phi) is 7.81. The molecule has 0 aliphatic carbocycles. The number of amides is 1. The summed E-state index contributed by atoms with van der Waals surface area (Å²) in [5.74, 6) is 0.406. The van der Waals surface area contributed by atoms with Crippen molar-refractivity contribution in [2.45, 2.75) is 0 Å². The minimum absolute atomic E-state index is 0.176. The lowest BCUT2D eigenvalue weighted by Gasteiger charge is -2.12. The van der Waals surface area contributed by atoms with Crippen LogP contribution in [0.4, 0.5) is 5.69 Å². The van der Waals surface area contributed by atoms with Gasteiger partial charge in [0.05, 0.1) is 24.8 Å². The Morgan fingerprint density at radius 3 is 2.22 bits per heavy atom. The van der Waals surface area contributed by atoms with Crippen LogP contribution < -0.4 is 24.3 Å². The van der Waals surface area contributed by atoms with Crippen LogP contribution in [0.15, 0.2) is 60.7 Å². The van der Waals surface area contributed by atoms with Crippen LogP contribution in [0, 0.1) is 0 Å². The Morgan fingerprint density at radius 2 is 1.56 bits per heavy atom. The van der Waals surface area contributed by atoms with Gasteiger partial charge in [0.1, 0.15) is 11.5 Å². The number of halogens is 2. The average Bonchev–Trinajstić information content (AvgIpc) is 2.79. The van der Waals surface area contributed by atoms with Crippen LogP contribution in [0.3, 0.4) is 0 Å². The predicted octanol–water partition coefficient (Wildman–Crippen LogP) is 5.25. The van der Waals surface area contributed by atoms with E-state index in [-0.39, 0.29) is 34.6 Å². The number of carbonyl (C=O) groups excluding carboxylic acids is 2. The van der Waals surface area contributed by atoms with E-state index >= 15 is 0 Å². The van der Waals surface area contributed by atoms with Gasteiger partial charge in [0.25, 0.3) is 5.91 Å². The number of rotatable bonds is 8. The van der Waals surface area contributed by atoms with Gasteiger partial charge in [-0.3, -0.25) is 4.79 Å². The average molecular weight is 476 g/mol. The number of anilines is 1. The highest BCUT2D eigenvalue weighted by molar-refractivity contribution is 6.35. The van der Waals surface area contributed by atoms with Gasteiger partial charge in [-0.2, -0.15) is 0 Å². The summed E-state index contributed by atoms with van der Waals surface area (Å²) in [5, 5.41) is 3.34. The molecular formula is C23H19Cl2NO6. The molecule has 0 saturated carbocycles. The van der Waals surface area contributed by atoms with Gasteiger partial charge in [0.2, 0.25) is 0 Å². The van der Waals surface area contributed by atoms with Gasteiger partial charge in [-0.25, -0.2) is 4.79 Å². The Labute approximate surface area is 194 Å². The highest BCUT2D eigenvalue weighted by Gasteiger charge is 2.16. The first-order chi connectivity index (χ1) is 15.4. The fourth-order valence-corrected chi connectivity index (χ4v) is 3.09. The molecule has 3 aromatic carbocycles. The van der Waals surface area contributed by atoms with Crippen molar-refractivity contribution in [3.8, 4) is 23.0 Å². The van der Waals surface area contributed by atoms with E-state index in [4.69, 9.17) is 42.1 Å². The van der Waals surface area contributed by atoms with E-state index < -0.39 is 5.97 Å². The van der Waals surface area contributed by atoms with Crippen LogP contribution >= 0.6 is 23.2 Å². The van der Waals surface area contributed by atoms with Crippen molar-refractivity contribution in [1.29, 1.82) is 0 Å². The first kappa shape index (κ1) is 23.2. The highest BCUT2D eigenvalue weighted by atomic mass is 35.5. The number of ether oxygens (including phenoxy) is 4. The lowest BCUT2D eigenvalue weighted by molar-refractivity contribution is -0.118. The first-order valence-corrected chi connectivity index (χ1v) is 10.1. The summed E-state index contributed by atoms with van der Waals surface area (Å²) in [4.78, 5) is 24.6. The molecule has 0 aliphatic rings. The largest absolute Gasteiger partial charge is 0.497 e. The molecule has 0 fully saturated rings. The third kappa shape index (κ3) is 6.06. The lowest BCUT2D eigenvalue weighted by Crippen LogP contribution is -2.20. The zero-order chi connectivity index (χ0) is 23.1. The molecule has 0 unspecified atom stereocenters. The molecule has 7 nitrogen and oxygen atoms in total. The quantitative estimate of drug-likeness (QED) is 0.354. The van der Waals surface area contributed by atoms with Crippen LogP contribution in [-0.4, -0.2) is 32.7 Å². The third-order valence-corrected chi connectivity index (χ3v) is 4.76. The molecule has 0 aliphatic heterocycles. The second-order valence-electron chi connectivity index (χ2n) is 6.40. The maximum absolute atomic E-state index is 12.5. The summed E-state index contributed by atoms with van der Waals surface area (Å²) in [6.07, 6.45) is 0. The summed E-state index contributed by atoms with van der Waals surface area (Å²) >= 11 is 11.9. The van der Waals surface area contributed by atoms with E-state index in [9.17, 15) is 9.59 Å². The van der Waals surface area contributed by atoms with Gasteiger partial charge >= 0.3 is 5.97 Å². The van der Waals surface area contributed by atoms with Crippen molar-refractivity contribution < 1.29 is 28.5 Å². The van der Waals surface area contributed by atoms with Crippen LogP contribution in [0.2, 0.25) is 10.0 Å². The minimum Gasteiger partial charge on any atom is -0.497 e. The van der Waals surface area contributed by atoms with E-state index in [1.54, 1.807) is 37.4 Å². The monoisotopic (exact) mass is 475 g/mol. The molecule has 1 amide bonds. The molecule has 166 valence electrons. The summed E-state index contributed by atoms with van der Waals surface area (Å²) in [7, 11) is 2.98. The maximum atomic E-state index is 12.5. The zero-order valence-electron chi connectivity index (χ0n) is 17.2. The molecule has 1 N–H and O–H groups in total. The zero-order valence-corrected chi connectivity index (χ0v) is 18.7. The van der Waals surface area contributed by atoms with Crippen molar-refractivity contribution in [3.63, 3.8) is 0 Å². The molecule has 0 aromatic heterocycles. The molecular weight excluding hydrogens is 457 g/mol. The summed E-state index contributed by atoms with van der Waals surface area (Å²) in [6, 6.07) is 15.9. The van der Waals surface area contributed by atoms with Gasteiger partial charge in [0, 0.05) is 10.7 Å². The number of hydrogen-bond donors (Lipinski definition) is 1. The Morgan fingerprint density at radius 1 is 0.844 bits per heavy atom. The summed E-state index contributed by atoms with van der Waals surface area (Å²) in [5.41, 5.74) is 0.813. The normalized spacial score (nSPS) is 10.2. The van der Waals surface area contributed by atoms with Crippen LogP contribution in [0.5, 0.6) is 23.0 Å². The highest BCUT2D eigenvalue weighted by Crippen LogP contribution is 2.31. The number of esters is 1. The second-order valence-corrected chi connectivity index (χ2v) is 7.24. The van der Waals surface area contributed by atoms with Crippen molar-refractivity contribution in [2.24, 2.45) is 0 Å². The molecule has 0 atom stereocenters. The summed E-state index contributed by atoms with van der Waals surface area (Å²) < 4.78 is 21.2. The number of hydrogen-bond acceptors (Lipinski definition) is 6. The Balaban J connectivity index is 1.62. The molecule has 3 rings (SSSR count). The first-order valence-electron chi connectivity index (χ1n) is 9.31.